The minimum atomic E-state index is -0.456. The minimum Gasteiger partial charge on any atom is -0.390 e. The minimum absolute atomic E-state index is 0.456. The molecular weight excluding hydrogens is 202 g/mol. The van der Waals surface area contributed by atoms with Gasteiger partial charge in [-0.2, -0.15) is 5.10 Å². The Morgan fingerprint density at radius 2 is 2.06 bits per heavy atom. The summed E-state index contributed by atoms with van der Waals surface area (Å²) in [6.45, 7) is 2.01. The molecule has 1 aliphatic rings. The average Bonchev–Trinajstić information content (AvgIpc) is 2.67. The van der Waals surface area contributed by atoms with Gasteiger partial charge < -0.3 is 10.0 Å². The fourth-order valence-corrected chi connectivity index (χ4v) is 2.26. The summed E-state index contributed by atoms with van der Waals surface area (Å²) in [5.74, 6) is 0. The maximum absolute atomic E-state index is 10.4. The van der Waals surface area contributed by atoms with Crippen molar-refractivity contribution in [2.45, 2.75) is 31.3 Å². The maximum atomic E-state index is 10.4. The van der Waals surface area contributed by atoms with Crippen molar-refractivity contribution < 1.29 is 5.11 Å². The van der Waals surface area contributed by atoms with Gasteiger partial charge in [-0.1, -0.05) is 0 Å². The monoisotopic (exact) mass is 223 g/mol. The molecule has 0 aromatic carbocycles. The smallest absolute Gasteiger partial charge is 0.0675 e. The number of piperidine rings is 1. The highest BCUT2D eigenvalue weighted by atomic mass is 16.3. The van der Waals surface area contributed by atoms with Crippen LogP contribution < -0.4 is 0 Å². The number of aliphatic hydroxyl groups is 1. The van der Waals surface area contributed by atoms with Crippen molar-refractivity contribution >= 4 is 0 Å². The van der Waals surface area contributed by atoms with Crippen LogP contribution in [0.15, 0.2) is 12.4 Å². The standard InChI is InChI=1S/C12H21N3O/c1-14-7-5-12(16,6-8-14)4-3-11-9-13-15(2)10-11/h9-10,16H,3-8H2,1-2H3. The lowest BCUT2D eigenvalue weighted by Gasteiger charge is -2.36. The first kappa shape index (κ1) is 11.6. The van der Waals surface area contributed by atoms with Crippen molar-refractivity contribution in [1.82, 2.24) is 14.7 Å². The molecule has 0 atom stereocenters. The first-order valence-corrected chi connectivity index (χ1v) is 5.96. The van der Waals surface area contributed by atoms with Crippen LogP contribution in [0.3, 0.4) is 0 Å². The molecule has 1 N–H and O–H groups in total. The van der Waals surface area contributed by atoms with Crippen LogP contribution in [0.1, 0.15) is 24.8 Å². The molecule has 90 valence electrons. The van der Waals surface area contributed by atoms with Gasteiger partial charge in [0.05, 0.1) is 11.8 Å². The molecule has 0 bridgehead atoms. The van der Waals surface area contributed by atoms with Crippen LogP contribution in [-0.2, 0) is 13.5 Å². The Balaban J connectivity index is 1.85. The van der Waals surface area contributed by atoms with E-state index in [1.165, 1.54) is 5.56 Å². The molecule has 2 rings (SSSR count). The van der Waals surface area contributed by atoms with Gasteiger partial charge in [-0.3, -0.25) is 4.68 Å². The third-order valence-electron chi connectivity index (χ3n) is 3.56. The van der Waals surface area contributed by atoms with Crippen molar-refractivity contribution in [2.24, 2.45) is 7.05 Å². The predicted octanol–water partition coefficient (Wildman–Crippen LogP) is 0.809. The van der Waals surface area contributed by atoms with E-state index in [2.05, 4.69) is 17.0 Å². The number of hydrogen-bond donors (Lipinski definition) is 1. The quantitative estimate of drug-likeness (QED) is 0.824. The topological polar surface area (TPSA) is 41.3 Å². The summed E-state index contributed by atoms with van der Waals surface area (Å²) in [5, 5.41) is 14.5. The van der Waals surface area contributed by atoms with Gasteiger partial charge in [-0.05, 0) is 38.3 Å². The summed E-state index contributed by atoms with van der Waals surface area (Å²) in [7, 11) is 4.04. The molecule has 1 fully saturated rings. The van der Waals surface area contributed by atoms with E-state index in [1.54, 1.807) is 0 Å². The van der Waals surface area contributed by atoms with E-state index in [4.69, 9.17) is 0 Å². The second-order valence-electron chi connectivity index (χ2n) is 5.05. The second-order valence-corrected chi connectivity index (χ2v) is 5.05. The molecule has 2 heterocycles. The summed E-state index contributed by atoms with van der Waals surface area (Å²) < 4.78 is 1.81. The number of aromatic nitrogens is 2. The Bertz CT molecular complexity index is 340. The predicted molar refractivity (Wildman–Crippen MR) is 63.2 cm³/mol. The SMILES string of the molecule is CN1CCC(O)(CCc2cnn(C)c2)CC1. The third kappa shape index (κ3) is 2.83. The Kier molecular flexibility index (Phi) is 3.30. The van der Waals surface area contributed by atoms with Crippen molar-refractivity contribution in [1.29, 1.82) is 0 Å². The van der Waals surface area contributed by atoms with Crippen LogP contribution in [0, 0.1) is 0 Å². The maximum Gasteiger partial charge on any atom is 0.0675 e. The van der Waals surface area contributed by atoms with E-state index in [0.717, 1.165) is 38.8 Å². The summed E-state index contributed by atoms with van der Waals surface area (Å²) in [6, 6.07) is 0. The summed E-state index contributed by atoms with van der Waals surface area (Å²) in [4.78, 5) is 2.28. The molecule has 0 saturated carbocycles. The van der Waals surface area contributed by atoms with Crippen molar-refractivity contribution in [3.8, 4) is 0 Å². The van der Waals surface area contributed by atoms with Crippen LogP contribution in [-0.4, -0.2) is 45.5 Å². The first-order valence-electron chi connectivity index (χ1n) is 5.96. The molecule has 1 aromatic rings. The Labute approximate surface area is 96.9 Å². The van der Waals surface area contributed by atoms with Gasteiger partial charge in [0, 0.05) is 26.3 Å². The van der Waals surface area contributed by atoms with E-state index < -0.39 is 5.60 Å². The van der Waals surface area contributed by atoms with Crippen LogP contribution >= 0.6 is 0 Å². The fraction of sp³-hybridized carbons (Fsp3) is 0.750. The molecule has 0 unspecified atom stereocenters. The molecule has 1 aromatic heterocycles. The van der Waals surface area contributed by atoms with Crippen molar-refractivity contribution in [2.75, 3.05) is 20.1 Å². The number of aryl methyl sites for hydroxylation is 2. The molecule has 16 heavy (non-hydrogen) atoms. The van der Waals surface area contributed by atoms with Crippen LogP contribution in [0.2, 0.25) is 0 Å². The highest BCUT2D eigenvalue weighted by Gasteiger charge is 2.30. The van der Waals surface area contributed by atoms with Gasteiger partial charge in [0.15, 0.2) is 0 Å². The summed E-state index contributed by atoms with van der Waals surface area (Å²) >= 11 is 0. The highest BCUT2D eigenvalue weighted by molar-refractivity contribution is 5.05. The lowest BCUT2D eigenvalue weighted by atomic mass is 9.86. The molecular formula is C12H21N3O. The largest absolute Gasteiger partial charge is 0.390 e. The lowest BCUT2D eigenvalue weighted by Crippen LogP contribution is -2.42. The normalized spacial score (nSPS) is 21.2. The van der Waals surface area contributed by atoms with Gasteiger partial charge in [-0.15, -0.1) is 0 Å². The van der Waals surface area contributed by atoms with Crippen molar-refractivity contribution in [3.05, 3.63) is 18.0 Å². The fourth-order valence-electron chi connectivity index (χ4n) is 2.26. The van der Waals surface area contributed by atoms with Crippen LogP contribution in [0.5, 0.6) is 0 Å². The Hall–Kier alpha value is -0.870. The molecule has 4 nitrogen and oxygen atoms in total. The molecule has 0 spiro atoms. The van der Waals surface area contributed by atoms with Gasteiger partial charge in [0.2, 0.25) is 0 Å². The summed E-state index contributed by atoms with van der Waals surface area (Å²) in [6.07, 6.45) is 7.48. The van der Waals surface area contributed by atoms with E-state index in [9.17, 15) is 5.11 Å². The number of hydrogen-bond acceptors (Lipinski definition) is 3. The Morgan fingerprint density at radius 3 is 2.62 bits per heavy atom. The number of nitrogens with zero attached hydrogens (tertiary/aromatic N) is 3. The molecule has 1 aliphatic heterocycles. The first-order chi connectivity index (χ1) is 7.57. The average molecular weight is 223 g/mol. The van der Waals surface area contributed by atoms with Crippen LogP contribution in [0.4, 0.5) is 0 Å². The van der Waals surface area contributed by atoms with Gasteiger partial charge in [-0.25, -0.2) is 0 Å². The molecule has 0 radical (unpaired) electrons. The Morgan fingerprint density at radius 1 is 1.38 bits per heavy atom. The molecule has 0 aliphatic carbocycles. The highest BCUT2D eigenvalue weighted by Crippen LogP contribution is 2.26. The van der Waals surface area contributed by atoms with Gasteiger partial charge >= 0.3 is 0 Å². The molecule has 1 saturated heterocycles. The lowest BCUT2D eigenvalue weighted by molar-refractivity contribution is -0.0220. The number of likely N-dealkylation sites (tertiary alicyclic amines) is 1. The van der Waals surface area contributed by atoms with Crippen molar-refractivity contribution in [3.63, 3.8) is 0 Å². The van der Waals surface area contributed by atoms with Gasteiger partial charge in [0.1, 0.15) is 0 Å². The molecule has 4 heteroatoms. The van der Waals surface area contributed by atoms with E-state index in [0.29, 0.717) is 0 Å². The molecule has 0 amide bonds. The van der Waals surface area contributed by atoms with E-state index in [-0.39, 0.29) is 0 Å². The number of rotatable bonds is 3. The zero-order valence-electron chi connectivity index (χ0n) is 10.2. The van der Waals surface area contributed by atoms with E-state index in [1.807, 2.05) is 24.1 Å². The van der Waals surface area contributed by atoms with Crippen LogP contribution in [0.25, 0.3) is 0 Å². The zero-order valence-corrected chi connectivity index (χ0v) is 10.2. The second kappa shape index (κ2) is 4.55. The van der Waals surface area contributed by atoms with Gasteiger partial charge in [0.25, 0.3) is 0 Å². The zero-order chi connectivity index (χ0) is 11.6. The summed E-state index contributed by atoms with van der Waals surface area (Å²) in [5.41, 5.74) is 0.761. The third-order valence-corrected chi connectivity index (χ3v) is 3.56. The van der Waals surface area contributed by atoms with E-state index >= 15 is 0 Å².